The zero-order valence-corrected chi connectivity index (χ0v) is 12.0. The minimum Gasteiger partial charge on any atom is -0.322 e. The largest absolute Gasteiger partial charge is 0.322 e. The van der Waals surface area contributed by atoms with Gasteiger partial charge in [0.05, 0.1) is 0 Å². The highest BCUT2D eigenvalue weighted by molar-refractivity contribution is 7.99. The summed E-state index contributed by atoms with van der Waals surface area (Å²) in [6.45, 7) is 5.24. The molecule has 0 N–H and O–H groups in total. The number of carbonyl (C=O) groups excluding carboxylic acids is 1. The fourth-order valence-electron chi connectivity index (χ4n) is 2.29. The van der Waals surface area contributed by atoms with Gasteiger partial charge in [-0.25, -0.2) is 0 Å². The van der Waals surface area contributed by atoms with Crippen LogP contribution in [0.5, 0.6) is 0 Å². The van der Waals surface area contributed by atoms with Gasteiger partial charge in [0.15, 0.2) is 0 Å². The zero-order chi connectivity index (χ0) is 13.0. The van der Waals surface area contributed by atoms with Gasteiger partial charge in [0.1, 0.15) is 5.37 Å². The molecule has 1 aliphatic heterocycles. The Morgan fingerprint density at radius 3 is 2.72 bits per heavy atom. The van der Waals surface area contributed by atoms with Gasteiger partial charge in [-0.1, -0.05) is 38.5 Å². The molecule has 0 fully saturated rings. The van der Waals surface area contributed by atoms with Gasteiger partial charge in [-0.15, -0.1) is 11.8 Å². The van der Waals surface area contributed by atoms with E-state index in [-0.39, 0.29) is 11.3 Å². The van der Waals surface area contributed by atoms with Crippen LogP contribution in [0.3, 0.4) is 0 Å². The molecule has 1 aliphatic rings. The normalized spacial score (nSPS) is 18.2. The van der Waals surface area contributed by atoms with Crippen molar-refractivity contribution in [1.29, 1.82) is 0 Å². The van der Waals surface area contributed by atoms with E-state index in [4.69, 9.17) is 0 Å². The monoisotopic (exact) mass is 263 g/mol. The van der Waals surface area contributed by atoms with Crippen molar-refractivity contribution < 1.29 is 4.79 Å². The lowest BCUT2D eigenvalue weighted by Gasteiger charge is -2.24. The zero-order valence-electron chi connectivity index (χ0n) is 11.2. The standard InChI is InChI=1S/C15H21NOS/c1-3-5-10-16-14(17)12-8-6-7-9-13(12)15(16)18-11-4-2/h6-9,15H,3-5,10-11H2,1-2H3/t15-/m1/s1. The molecular formula is C15H21NOS. The number of unbranched alkanes of at least 4 members (excludes halogenated alkanes) is 1. The summed E-state index contributed by atoms with van der Waals surface area (Å²) in [4.78, 5) is 14.4. The molecule has 0 unspecified atom stereocenters. The molecule has 1 atom stereocenters. The molecule has 3 heteroatoms. The van der Waals surface area contributed by atoms with Gasteiger partial charge in [-0.05, 0) is 30.2 Å². The van der Waals surface area contributed by atoms with Crippen molar-refractivity contribution in [3.05, 3.63) is 35.4 Å². The average Bonchev–Trinajstić information content (AvgIpc) is 2.67. The van der Waals surface area contributed by atoms with Crippen molar-refractivity contribution >= 4 is 17.7 Å². The number of rotatable bonds is 6. The molecule has 18 heavy (non-hydrogen) atoms. The topological polar surface area (TPSA) is 20.3 Å². The molecule has 0 radical (unpaired) electrons. The van der Waals surface area contributed by atoms with E-state index in [0.717, 1.165) is 37.1 Å². The summed E-state index contributed by atoms with van der Waals surface area (Å²) in [6, 6.07) is 8.06. The van der Waals surface area contributed by atoms with E-state index in [9.17, 15) is 4.79 Å². The lowest BCUT2D eigenvalue weighted by atomic mass is 10.1. The van der Waals surface area contributed by atoms with Gasteiger partial charge >= 0.3 is 0 Å². The summed E-state index contributed by atoms with van der Waals surface area (Å²) in [6.07, 6.45) is 3.37. The van der Waals surface area contributed by atoms with Crippen LogP contribution in [0.25, 0.3) is 0 Å². The summed E-state index contributed by atoms with van der Waals surface area (Å²) < 4.78 is 0. The second-order valence-electron chi connectivity index (χ2n) is 4.66. The van der Waals surface area contributed by atoms with E-state index in [2.05, 4.69) is 24.8 Å². The molecule has 0 saturated carbocycles. The predicted octanol–water partition coefficient (Wildman–Crippen LogP) is 4.08. The van der Waals surface area contributed by atoms with Crippen LogP contribution in [-0.4, -0.2) is 23.1 Å². The van der Waals surface area contributed by atoms with Crippen LogP contribution >= 0.6 is 11.8 Å². The molecule has 1 heterocycles. The van der Waals surface area contributed by atoms with E-state index in [0.29, 0.717) is 0 Å². The maximum Gasteiger partial charge on any atom is 0.255 e. The lowest BCUT2D eigenvalue weighted by Crippen LogP contribution is -2.27. The second-order valence-corrected chi connectivity index (χ2v) is 5.85. The number of nitrogens with zero attached hydrogens (tertiary/aromatic N) is 1. The summed E-state index contributed by atoms with van der Waals surface area (Å²) in [5.41, 5.74) is 2.11. The number of carbonyl (C=O) groups is 1. The minimum absolute atomic E-state index is 0.215. The van der Waals surface area contributed by atoms with Crippen molar-refractivity contribution in [2.75, 3.05) is 12.3 Å². The summed E-state index contributed by atoms with van der Waals surface area (Å²) >= 11 is 1.89. The Morgan fingerprint density at radius 1 is 1.22 bits per heavy atom. The lowest BCUT2D eigenvalue weighted by molar-refractivity contribution is 0.0771. The van der Waals surface area contributed by atoms with Gasteiger partial charge < -0.3 is 4.90 Å². The highest BCUT2D eigenvalue weighted by atomic mass is 32.2. The minimum atomic E-state index is 0.215. The highest BCUT2D eigenvalue weighted by Gasteiger charge is 2.35. The van der Waals surface area contributed by atoms with Crippen molar-refractivity contribution in [3.8, 4) is 0 Å². The van der Waals surface area contributed by atoms with Crippen LogP contribution in [0.1, 0.15) is 54.4 Å². The Labute approximate surface area is 114 Å². The number of benzene rings is 1. The number of hydrogen-bond donors (Lipinski definition) is 0. The van der Waals surface area contributed by atoms with E-state index < -0.39 is 0 Å². The molecule has 1 aromatic rings. The molecule has 98 valence electrons. The van der Waals surface area contributed by atoms with Crippen LogP contribution in [0.15, 0.2) is 24.3 Å². The number of amides is 1. The molecule has 0 spiro atoms. The van der Waals surface area contributed by atoms with E-state index in [1.807, 2.05) is 30.0 Å². The predicted molar refractivity (Wildman–Crippen MR) is 77.9 cm³/mol. The van der Waals surface area contributed by atoms with Crippen molar-refractivity contribution in [1.82, 2.24) is 4.90 Å². The maximum absolute atomic E-state index is 12.4. The Kier molecular flexibility index (Phi) is 4.70. The molecule has 1 aromatic carbocycles. The molecular weight excluding hydrogens is 242 g/mol. The molecule has 0 aromatic heterocycles. The smallest absolute Gasteiger partial charge is 0.255 e. The van der Waals surface area contributed by atoms with Gasteiger partial charge in [-0.3, -0.25) is 4.79 Å². The Bertz CT molecular complexity index is 419. The number of thioether (sulfide) groups is 1. The Morgan fingerprint density at radius 2 is 2.00 bits per heavy atom. The fraction of sp³-hybridized carbons (Fsp3) is 0.533. The number of fused-ring (bicyclic) bond motifs is 1. The van der Waals surface area contributed by atoms with Crippen molar-refractivity contribution in [2.45, 2.75) is 38.5 Å². The molecule has 2 nitrogen and oxygen atoms in total. The first-order valence-electron chi connectivity index (χ1n) is 6.81. The van der Waals surface area contributed by atoms with Gasteiger partial charge in [0, 0.05) is 12.1 Å². The van der Waals surface area contributed by atoms with Gasteiger partial charge in [0.25, 0.3) is 5.91 Å². The van der Waals surface area contributed by atoms with E-state index >= 15 is 0 Å². The average molecular weight is 263 g/mol. The number of hydrogen-bond acceptors (Lipinski definition) is 2. The van der Waals surface area contributed by atoms with Crippen LogP contribution in [0.2, 0.25) is 0 Å². The highest BCUT2D eigenvalue weighted by Crippen LogP contribution is 2.41. The van der Waals surface area contributed by atoms with Crippen molar-refractivity contribution in [2.24, 2.45) is 0 Å². The summed E-state index contributed by atoms with van der Waals surface area (Å²) in [5, 5.41) is 0.236. The van der Waals surface area contributed by atoms with Crippen LogP contribution in [-0.2, 0) is 0 Å². The molecule has 0 aliphatic carbocycles. The first-order valence-corrected chi connectivity index (χ1v) is 7.86. The van der Waals surface area contributed by atoms with Crippen LogP contribution in [0, 0.1) is 0 Å². The van der Waals surface area contributed by atoms with Crippen molar-refractivity contribution in [3.63, 3.8) is 0 Å². The maximum atomic E-state index is 12.4. The second kappa shape index (κ2) is 6.28. The molecule has 0 bridgehead atoms. The molecule has 2 rings (SSSR count). The van der Waals surface area contributed by atoms with Crippen LogP contribution in [0.4, 0.5) is 0 Å². The Hall–Kier alpha value is -0.960. The third kappa shape index (κ3) is 2.56. The Balaban J connectivity index is 2.22. The first kappa shape index (κ1) is 13.5. The third-order valence-electron chi connectivity index (χ3n) is 3.23. The third-order valence-corrected chi connectivity index (χ3v) is 4.70. The summed E-state index contributed by atoms with van der Waals surface area (Å²) in [5.74, 6) is 1.32. The summed E-state index contributed by atoms with van der Waals surface area (Å²) in [7, 11) is 0. The van der Waals surface area contributed by atoms with E-state index in [1.54, 1.807) is 0 Å². The first-order chi connectivity index (χ1) is 8.79. The molecule has 0 saturated heterocycles. The van der Waals surface area contributed by atoms with Gasteiger partial charge in [-0.2, -0.15) is 0 Å². The fourth-order valence-corrected chi connectivity index (χ4v) is 3.52. The quantitative estimate of drug-likeness (QED) is 0.770. The molecule has 1 amide bonds. The van der Waals surface area contributed by atoms with Gasteiger partial charge in [0.2, 0.25) is 0 Å². The van der Waals surface area contributed by atoms with E-state index in [1.165, 1.54) is 5.56 Å². The van der Waals surface area contributed by atoms with Crippen LogP contribution < -0.4 is 0 Å². The SMILES string of the molecule is CCCCN1C(=O)c2ccccc2[C@H]1SCCC.